The number of carboxylic acid groups (broad SMARTS) is 1. The highest BCUT2D eigenvalue weighted by Gasteiger charge is 2.21. The number of carbonyl (C=O) groups is 2. The third kappa shape index (κ3) is 4.28. The SMILES string of the molecule is CSCC[C@H](NC(=O)c1csc(CN)n1)C(=O)O. The van der Waals surface area contributed by atoms with Crippen molar-refractivity contribution >= 4 is 35.0 Å². The Morgan fingerprint density at radius 1 is 1.67 bits per heavy atom. The van der Waals surface area contributed by atoms with Crippen LogP contribution in [-0.4, -0.2) is 40.0 Å². The van der Waals surface area contributed by atoms with E-state index in [4.69, 9.17) is 10.8 Å². The highest BCUT2D eigenvalue weighted by molar-refractivity contribution is 7.98. The molecule has 0 fully saturated rings. The van der Waals surface area contributed by atoms with Crippen LogP contribution in [-0.2, 0) is 11.3 Å². The fourth-order valence-corrected chi connectivity index (χ4v) is 2.36. The first-order chi connectivity index (χ1) is 8.58. The van der Waals surface area contributed by atoms with Crippen LogP contribution in [0.5, 0.6) is 0 Å². The molecule has 4 N–H and O–H groups in total. The summed E-state index contributed by atoms with van der Waals surface area (Å²) in [5.74, 6) is -0.839. The van der Waals surface area contributed by atoms with E-state index < -0.39 is 17.9 Å². The van der Waals surface area contributed by atoms with Crippen molar-refractivity contribution in [2.75, 3.05) is 12.0 Å². The van der Waals surface area contributed by atoms with Crippen LogP contribution in [0, 0.1) is 0 Å². The minimum Gasteiger partial charge on any atom is -0.480 e. The molecule has 1 amide bonds. The molecule has 1 heterocycles. The number of rotatable bonds is 7. The van der Waals surface area contributed by atoms with Crippen molar-refractivity contribution in [3.05, 3.63) is 16.1 Å². The third-order valence-corrected chi connectivity index (χ3v) is 3.69. The van der Waals surface area contributed by atoms with Crippen molar-refractivity contribution in [3.8, 4) is 0 Å². The number of nitrogens with zero attached hydrogens (tertiary/aromatic N) is 1. The molecule has 0 unspecified atom stereocenters. The molecule has 100 valence electrons. The largest absolute Gasteiger partial charge is 0.480 e. The normalized spacial score (nSPS) is 12.1. The summed E-state index contributed by atoms with van der Waals surface area (Å²) < 4.78 is 0. The number of amides is 1. The van der Waals surface area contributed by atoms with E-state index in [1.807, 2.05) is 6.26 Å². The van der Waals surface area contributed by atoms with Crippen LogP contribution in [0.3, 0.4) is 0 Å². The highest BCUT2D eigenvalue weighted by Crippen LogP contribution is 2.09. The lowest BCUT2D eigenvalue weighted by molar-refractivity contribution is -0.139. The Labute approximate surface area is 113 Å². The van der Waals surface area contributed by atoms with Gasteiger partial charge in [-0.3, -0.25) is 4.79 Å². The molecule has 0 aromatic carbocycles. The van der Waals surface area contributed by atoms with Gasteiger partial charge >= 0.3 is 5.97 Å². The van der Waals surface area contributed by atoms with Crippen molar-refractivity contribution in [3.63, 3.8) is 0 Å². The maximum atomic E-state index is 11.8. The molecular formula is C10H15N3O3S2. The Morgan fingerprint density at radius 3 is 2.89 bits per heavy atom. The second kappa shape index (κ2) is 7.34. The lowest BCUT2D eigenvalue weighted by Crippen LogP contribution is -2.41. The molecule has 0 spiro atoms. The average molecular weight is 289 g/mol. The molecule has 0 saturated carbocycles. The molecule has 6 nitrogen and oxygen atoms in total. The Bertz CT molecular complexity index is 422. The third-order valence-electron chi connectivity index (χ3n) is 2.17. The predicted octanol–water partition coefficient (Wildman–Crippen LogP) is 0.538. The first-order valence-corrected chi connectivity index (χ1v) is 7.53. The molecular weight excluding hydrogens is 274 g/mol. The van der Waals surface area contributed by atoms with Gasteiger partial charge in [-0.25, -0.2) is 9.78 Å². The van der Waals surface area contributed by atoms with Crippen LogP contribution >= 0.6 is 23.1 Å². The standard InChI is InChI=1S/C10H15N3O3S2/c1-17-3-2-6(10(15)16)13-9(14)7-5-18-8(4-11)12-7/h5-6H,2-4,11H2,1H3,(H,13,14)(H,15,16)/t6-/m0/s1. The van der Waals surface area contributed by atoms with Crippen molar-refractivity contribution in [2.24, 2.45) is 5.73 Å². The number of hydrogen-bond acceptors (Lipinski definition) is 6. The first-order valence-electron chi connectivity index (χ1n) is 5.25. The summed E-state index contributed by atoms with van der Waals surface area (Å²) in [4.78, 5) is 26.8. The van der Waals surface area contributed by atoms with Gasteiger partial charge in [-0.2, -0.15) is 11.8 Å². The van der Waals surface area contributed by atoms with Crippen molar-refractivity contribution in [1.29, 1.82) is 0 Å². The summed E-state index contributed by atoms with van der Waals surface area (Å²) in [5.41, 5.74) is 5.62. The second-order valence-corrected chi connectivity index (χ2v) is 5.40. The zero-order valence-electron chi connectivity index (χ0n) is 9.88. The van der Waals surface area contributed by atoms with Crippen LogP contribution in [0.1, 0.15) is 21.9 Å². The number of thioether (sulfide) groups is 1. The van der Waals surface area contributed by atoms with E-state index in [-0.39, 0.29) is 12.2 Å². The average Bonchev–Trinajstić information content (AvgIpc) is 2.82. The number of carbonyl (C=O) groups excluding carboxylic acids is 1. The van der Waals surface area contributed by atoms with Crippen LogP contribution in [0.25, 0.3) is 0 Å². The van der Waals surface area contributed by atoms with Gasteiger partial charge in [0.25, 0.3) is 5.91 Å². The molecule has 1 rings (SSSR count). The van der Waals surface area contributed by atoms with E-state index in [1.165, 1.54) is 23.1 Å². The van der Waals surface area contributed by atoms with Crippen LogP contribution < -0.4 is 11.1 Å². The molecule has 0 aliphatic rings. The Morgan fingerprint density at radius 2 is 2.39 bits per heavy atom. The molecule has 0 saturated heterocycles. The van der Waals surface area contributed by atoms with Gasteiger partial charge in [-0.05, 0) is 18.4 Å². The van der Waals surface area contributed by atoms with E-state index >= 15 is 0 Å². The molecule has 0 aliphatic heterocycles. The number of hydrogen-bond donors (Lipinski definition) is 3. The summed E-state index contributed by atoms with van der Waals surface area (Å²) >= 11 is 2.82. The number of thiazole rings is 1. The quantitative estimate of drug-likeness (QED) is 0.676. The van der Waals surface area contributed by atoms with Gasteiger partial charge in [0.1, 0.15) is 16.7 Å². The molecule has 18 heavy (non-hydrogen) atoms. The van der Waals surface area contributed by atoms with Gasteiger partial charge in [0, 0.05) is 11.9 Å². The maximum absolute atomic E-state index is 11.8. The van der Waals surface area contributed by atoms with Gasteiger partial charge in [-0.15, -0.1) is 11.3 Å². The fourth-order valence-electron chi connectivity index (χ4n) is 1.23. The fraction of sp³-hybridized carbons (Fsp3) is 0.500. The highest BCUT2D eigenvalue weighted by atomic mass is 32.2. The second-order valence-electron chi connectivity index (χ2n) is 3.48. The van der Waals surface area contributed by atoms with Gasteiger partial charge in [0.15, 0.2) is 0 Å². The summed E-state index contributed by atoms with van der Waals surface area (Å²) in [6.07, 6.45) is 2.27. The summed E-state index contributed by atoms with van der Waals surface area (Å²) in [6, 6.07) is -0.882. The predicted molar refractivity (Wildman–Crippen MR) is 71.9 cm³/mol. The summed E-state index contributed by atoms with van der Waals surface area (Å²) in [7, 11) is 0. The number of aromatic nitrogens is 1. The van der Waals surface area contributed by atoms with Gasteiger partial charge in [-0.1, -0.05) is 0 Å². The minimum atomic E-state index is -1.04. The molecule has 1 aromatic heterocycles. The van der Waals surface area contributed by atoms with Gasteiger partial charge in [0.2, 0.25) is 0 Å². The van der Waals surface area contributed by atoms with E-state index in [9.17, 15) is 9.59 Å². The lowest BCUT2D eigenvalue weighted by Gasteiger charge is -2.12. The smallest absolute Gasteiger partial charge is 0.326 e. The first kappa shape index (κ1) is 14.9. The van der Waals surface area contributed by atoms with Crippen LogP contribution in [0.15, 0.2) is 5.38 Å². The number of nitrogens with one attached hydrogen (secondary N) is 1. The zero-order valence-corrected chi connectivity index (χ0v) is 11.5. The van der Waals surface area contributed by atoms with Crippen LogP contribution in [0.4, 0.5) is 0 Å². The number of carboxylic acids is 1. The zero-order chi connectivity index (χ0) is 13.5. The molecule has 0 bridgehead atoms. The summed E-state index contributed by atoms with van der Waals surface area (Å²) in [5, 5.41) is 13.7. The van der Waals surface area contributed by atoms with Crippen molar-refractivity contribution < 1.29 is 14.7 Å². The molecule has 1 atom stereocenters. The molecule has 1 aromatic rings. The topological polar surface area (TPSA) is 105 Å². The van der Waals surface area contributed by atoms with Crippen molar-refractivity contribution in [1.82, 2.24) is 10.3 Å². The molecule has 0 aliphatic carbocycles. The Hall–Kier alpha value is -1.12. The van der Waals surface area contributed by atoms with E-state index in [0.717, 1.165) is 0 Å². The monoisotopic (exact) mass is 289 g/mol. The number of aliphatic carboxylic acids is 1. The summed E-state index contributed by atoms with van der Waals surface area (Å²) in [6.45, 7) is 0.271. The Kier molecular flexibility index (Phi) is 6.10. The Balaban J connectivity index is 2.62. The van der Waals surface area contributed by atoms with Crippen molar-refractivity contribution in [2.45, 2.75) is 19.0 Å². The number of nitrogens with two attached hydrogens (primary N) is 1. The van der Waals surface area contributed by atoms with Crippen LogP contribution in [0.2, 0.25) is 0 Å². The minimum absolute atomic E-state index is 0.218. The lowest BCUT2D eigenvalue weighted by atomic mass is 10.2. The van der Waals surface area contributed by atoms with Gasteiger partial charge in [0.05, 0.1) is 0 Å². The van der Waals surface area contributed by atoms with Gasteiger partial charge < -0.3 is 16.2 Å². The molecule has 0 radical (unpaired) electrons. The maximum Gasteiger partial charge on any atom is 0.326 e. The van der Waals surface area contributed by atoms with E-state index in [2.05, 4.69) is 10.3 Å². The van der Waals surface area contributed by atoms with E-state index in [1.54, 1.807) is 5.38 Å². The molecule has 8 heteroatoms. The van der Waals surface area contributed by atoms with E-state index in [0.29, 0.717) is 17.2 Å².